The van der Waals surface area contributed by atoms with E-state index in [1.54, 1.807) is 0 Å². The monoisotopic (exact) mass is 344 g/mol. The molecule has 1 fully saturated rings. The Labute approximate surface area is 144 Å². The summed E-state index contributed by atoms with van der Waals surface area (Å²) in [5.41, 5.74) is 1.47. The first kappa shape index (κ1) is 15.9. The number of benzene rings is 1. The number of likely N-dealkylation sites (tertiary alicyclic amines) is 1. The van der Waals surface area contributed by atoms with Crippen LogP contribution in [0.2, 0.25) is 0 Å². The van der Waals surface area contributed by atoms with Gasteiger partial charge in [-0.1, -0.05) is 6.07 Å². The molecule has 8 heteroatoms. The van der Waals surface area contributed by atoms with Crippen molar-refractivity contribution in [2.75, 3.05) is 26.3 Å². The number of hydrogen-bond acceptors (Lipinski definition) is 6. The van der Waals surface area contributed by atoms with Crippen molar-refractivity contribution in [3.8, 4) is 11.5 Å². The summed E-state index contributed by atoms with van der Waals surface area (Å²) in [5, 5.41) is 13.1. The van der Waals surface area contributed by atoms with E-state index in [1.807, 2.05) is 18.2 Å². The zero-order valence-corrected chi connectivity index (χ0v) is 13.6. The molecule has 2 aromatic rings. The Morgan fingerprint density at radius 1 is 1.32 bits per heavy atom. The molecule has 132 valence electrons. The molecule has 2 aliphatic heterocycles. The highest BCUT2D eigenvalue weighted by Gasteiger charge is 2.32. The van der Waals surface area contributed by atoms with Gasteiger partial charge in [-0.3, -0.25) is 9.69 Å². The number of β-amino-alcohol motifs (C(OH)–C–C–N with tert-alkyl or cyclic N) is 1. The molecule has 0 radical (unpaired) electrons. The second-order valence-electron chi connectivity index (χ2n) is 6.28. The number of amides is 1. The van der Waals surface area contributed by atoms with Gasteiger partial charge in [0.1, 0.15) is 18.9 Å². The van der Waals surface area contributed by atoms with Crippen LogP contribution in [0.25, 0.3) is 0 Å². The quantitative estimate of drug-likeness (QED) is 0.730. The molecule has 0 bridgehead atoms. The second kappa shape index (κ2) is 6.73. The number of rotatable bonds is 4. The number of carbonyl (C=O) groups is 1. The lowest BCUT2D eigenvalue weighted by molar-refractivity contribution is 0.0883. The smallest absolute Gasteiger partial charge is 0.269 e. The summed E-state index contributed by atoms with van der Waals surface area (Å²) in [4.78, 5) is 20.8. The van der Waals surface area contributed by atoms with Crippen LogP contribution in [-0.2, 0) is 6.54 Å². The molecule has 1 saturated heterocycles. The van der Waals surface area contributed by atoms with Crippen molar-refractivity contribution < 1.29 is 19.4 Å². The number of aromatic nitrogens is 2. The number of aliphatic hydroxyl groups excluding tert-OH is 1. The van der Waals surface area contributed by atoms with Crippen molar-refractivity contribution in [2.24, 2.45) is 0 Å². The number of imidazole rings is 1. The molecule has 0 spiro atoms. The van der Waals surface area contributed by atoms with E-state index < -0.39 is 6.10 Å². The molecule has 3 heterocycles. The largest absolute Gasteiger partial charge is 0.486 e. The summed E-state index contributed by atoms with van der Waals surface area (Å²) in [5.74, 6) is 1.26. The summed E-state index contributed by atoms with van der Waals surface area (Å²) < 4.78 is 11.1. The Kier molecular flexibility index (Phi) is 4.29. The Bertz CT molecular complexity index is 749. The Hall–Kier alpha value is -2.58. The third kappa shape index (κ3) is 3.45. The molecule has 0 aliphatic carbocycles. The van der Waals surface area contributed by atoms with E-state index in [0.29, 0.717) is 38.5 Å². The van der Waals surface area contributed by atoms with E-state index >= 15 is 0 Å². The third-order valence-corrected chi connectivity index (χ3v) is 4.44. The summed E-state index contributed by atoms with van der Waals surface area (Å²) in [6.45, 7) is 2.88. The summed E-state index contributed by atoms with van der Waals surface area (Å²) >= 11 is 0. The number of fused-ring (bicyclic) bond motifs is 1. The topological polar surface area (TPSA) is 99.7 Å². The Morgan fingerprint density at radius 3 is 2.96 bits per heavy atom. The van der Waals surface area contributed by atoms with E-state index in [2.05, 4.69) is 20.2 Å². The van der Waals surface area contributed by atoms with E-state index in [9.17, 15) is 9.90 Å². The first-order valence-electron chi connectivity index (χ1n) is 8.27. The normalized spacial score (nSPS) is 22.8. The molecular weight excluding hydrogens is 324 g/mol. The van der Waals surface area contributed by atoms with E-state index in [4.69, 9.17) is 9.47 Å². The molecule has 4 rings (SSSR count). The van der Waals surface area contributed by atoms with Crippen LogP contribution in [0.1, 0.15) is 16.1 Å². The molecule has 1 amide bonds. The van der Waals surface area contributed by atoms with Crippen molar-refractivity contribution >= 4 is 5.91 Å². The van der Waals surface area contributed by atoms with Crippen LogP contribution in [0.15, 0.2) is 30.7 Å². The van der Waals surface area contributed by atoms with E-state index in [-0.39, 0.29) is 11.9 Å². The van der Waals surface area contributed by atoms with Gasteiger partial charge in [-0.2, -0.15) is 0 Å². The van der Waals surface area contributed by atoms with Gasteiger partial charge in [0, 0.05) is 19.6 Å². The molecule has 1 aromatic heterocycles. The third-order valence-electron chi connectivity index (χ3n) is 4.44. The first-order chi connectivity index (χ1) is 12.2. The summed E-state index contributed by atoms with van der Waals surface area (Å²) in [6, 6.07) is 5.56. The summed E-state index contributed by atoms with van der Waals surface area (Å²) in [6.07, 6.45) is 2.31. The van der Waals surface area contributed by atoms with Crippen LogP contribution >= 0.6 is 0 Å². The maximum Gasteiger partial charge on any atom is 0.269 e. The van der Waals surface area contributed by atoms with Crippen LogP contribution in [0.4, 0.5) is 0 Å². The van der Waals surface area contributed by atoms with Gasteiger partial charge in [0.25, 0.3) is 5.91 Å². The predicted octanol–water partition coefficient (Wildman–Crippen LogP) is 0.156. The van der Waals surface area contributed by atoms with Gasteiger partial charge < -0.3 is 24.9 Å². The lowest BCUT2D eigenvalue weighted by atomic mass is 10.2. The van der Waals surface area contributed by atoms with Crippen molar-refractivity contribution in [3.05, 3.63) is 42.0 Å². The fraction of sp³-hybridized carbons (Fsp3) is 0.412. The molecule has 0 unspecified atom stereocenters. The van der Waals surface area contributed by atoms with Crippen molar-refractivity contribution in [3.63, 3.8) is 0 Å². The summed E-state index contributed by atoms with van der Waals surface area (Å²) in [7, 11) is 0. The number of aliphatic hydroxyl groups is 1. The fourth-order valence-corrected chi connectivity index (χ4v) is 3.21. The van der Waals surface area contributed by atoms with Crippen molar-refractivity contribution in [1.29, 1.82) is 0 Å². The van der Waals surface area contributed by atoms with Crippen LogP contribution in [0.3, 0.4) is 0 Å². The van der Waals surface area contributed by atoms with Crippen LogP contribution in [0.5, 0.6) is 11.5 Å². The lowest BCUT2D eigenvalue weighted by Crippen LogP contribution is -2.42. The van der Waals surface area contributed by atoms with Crippen LogP contribution < -0.4 is 14.8 Å². The minimum Gasteiger partial charge on any atom is -0.486 e. The van der Waals surface area contributed by atoms with Gasteiger partial charge >= 0.3 is 0 Å². The molecule has 0 saturated carbocycles. The van der Waals surface area contributed by atoms with Gasteiger partial charge in [0.2, 0.25) is 0 Å². The number of carbonyl (C=O) groups excluding carboxylic acids is 1. The number of nitrogens with one attached hydrogen (secondary N) is 2. The standard InChI is InChI=1S/C17H20N4O4/c22-14-9-21(8-13(14)20-17(23)12-6-18-10-19-12)7-11-1-2-15-16(5-11)25-4-3-24-15/h1-2,5-6,10,13-14,22H,3-4,7-9H2,(H,18,19)(H,20,23)/t13-,14-/m1/s1. The van der Waals surface area contributed by atoms with E-state index in [0.717, 1.165) is 17.1 Å². The molecule has 2 atom stereocenters. The number of nitrogens with zero attached hydrogens (tertiary/aromatic N) is 2. The number of H-pyrrole nitrogens is 1. The first-order valence-corrected chi connectivity index (χ1v) is 8.27. The van der Waals surface area contributed by atoms with E-state index in [1.165, 1.54) is 12.5 Å². The van der Waals surface area contributed by atoms with Crippen LogP contribution in [0, 0.1) is 0 Å². The number of ether oxygens (including phenoxy) is 2. The lowest BCUT2D eigenvalue weighted by Gasteiger charge is -2.20. The molecule has 2 aliphatic rings. The Balaban J connectivity index is 1.37. The highest BCUT2D eigenvalue weighted by molar-refractivity contribution is 5.92. The molecule has 25 heavy (non-hydrogen) atoms. The molecule has 3 N–H and O–H groups in total. The fourth-order valence-electron chi connectivity index (χ4n) is 3.21. The Morgan fingerprint density at radius 2 is 2.16 bits per heavy atom. The molecule has 8 nitrogen and oxygen atoms in total. The zero-order chi connectivity index (χ0) is 17.2. The van der Waals surface area contributed by atoms with Gasteiger partial charge in [0.05, 0.1) is 24.7 Å². The van der Waals surface area contributed by atoms with Gasteiger partial charge in [0.15, 0.2) is 11.5 Å². The average molecular weight is 344 g/mol. The van der Waals surface area contributed by atoms with Gasteiger partial charge in [-0.15, -0.1) is 0 Å². The predicted molar refractivity (Wildman–Crippen MR) is 88.6 cm³/mol. The van der Waals surface area contributed by atoms with Crippen molar-refractivity contribution in [1.82, 2.24) is 20.2 Å². The minimum atomic E-state index is -0.607. The second-order valence-corrected chi connectivity index (χ2v) is 6.28. The SMILES string of the molecule is O=C(N[C@@H]1CN(Cc2ccc3c(c2)OCCO3)C[C@H]1O)c1cnc[nH]1. The maximum absolute atomic E-state index is 12.1. The highest BCUT2D eigenvalue weighted by atomic mass is 16.6. The van der Waals surface area contributed by atoms with Gasteiger partial charge in [-0.25, -0.2) is 4.98 Å². The maximum atomic E-state index is 12.1. The minimum absolute atomic E-state index is 0.261. The number of hydrogen-bond donors (Lipinski definition) is 3. The van der Waals surface area contributed by atoms with Crippen molar-refractivity contribution in [2.45, 2.75) is 18.7 Å². The number of aromatic amines is 1. The average Bonchev–Trinajstić information content (AvgIpc) is 3.25. The van der Waals surface area contributed by atoms with Crippen LogP contribution in [-0.4, -0.2) is 64.3 Å². The van der Waals surface area contributed by atoms with Gasteiger partial charge in [-0.05, 0) is 17.7 Å². The molecular formula is C17H20N4O4. The molecule has 1 aromatic carbocycles. The highest BCUT2D eigenvalue weighted by Crippen LogP contribution is 2.31. The zero-order valence-electron chi connectivity index (χ0n) is 13.6.